The molecule has 0 fully saturated rings. The molecule has 5 nitrogen and oxygen atoms in total. The zero-order chi connectivity index (χ0) is 17.5. The van der Waals surface area contributed by atoms with Gasteiger partial charge < -0.3 is 10.1 Å². The fraction of sp³-hybridized carbons (Fsp3) is 0.529. The molecule has 0 aromatic heterocycles. The summed E-state index contributed by atoms with van der Waals surface area (Å²) in [6, 6.07) is 7.72. The van der Waals surface area contributed by atoms with Gasteiger partial charge in [0.05, 0.1) is 18.9 Å². The highest BCUT2D eigenvalue weighted by molar-refractivity contribution is 7.85. The van der Waals surface area contributed by atoms with E-state index < -0.39 is 10.1 Å². The fourth-order valence-electron chi connectivity index (χ4n) is 2.01. The predicted octanol–water partition coefficient (Wildman–Crippen LogP) is 3.21. The van der Waals surface area contributed by atoms with Crippen molar-refractivity contribution in [2.45, 2.75) is 33.2 Å². The highest BCUT2D eigenvalue weighted by Crippen LogP contribution is 2.22. The third-order valence-corrected chi connectivity index (χ3v) is 4.01. The Bertz CT molecular complexity index is 600. The van der Waals surface area contributed by atoms with Gasteiger partial charge in [0.2, 0.25) is 0 Å². The molecule has 0 aliphatic carbocycles. The Balaban J connectivity index is 2.78. The van der Waals surface area contributed by atoms with Crippen molar-refractivity contribution >= 4 is 10.1 Å². The summed E-state index contributed by atoms with van der Waals surface area (Å²) >= 11 is 0. The molecule has 0 radical (unpaired) electrons. The first-order chi connectivity index (χ1) is 10.6. The zero-order valence-corrected chi connectivity index (χ0v) is 15.1. The maximum atomic E-state index is 10.8. The van der Waals surface area contributed by atoms with E-state index in [1.54, 1.807) is 7.11 Å². The fourth-order valence-corrected chi connectivity index (χ4v) is 2.51. The maximum Gasteiger partial charge on any atom is 0.264 e. The number of methoxy groups -OCH3 is 1. The van der Waals surface area contributed by atoms with Crippen LogP contribution in [0.25, 0.3) is 0 Å². The van der Waals surface area contributed by atoms with Crippen molar-refractivity contribution in [2.24, 2.45) is 5.41 Å². The van der Waals surface area contributed by atoms with Gasteiger partial charge in [-0.25, -0.2) is 0 Å². The molecule has 0 saturated heterocycles. The molecular weight excluding hydrogens is 314 g/mol. The number of nitrogens with one attached hydrogen (secondary N) is 1. The Hall–Kier alpha value is -1.37. The van der Waals surface area contributed by atoms with Gasteiger partial charge in [0.1, 0.15) is 5.75 Å². The van der Waals surface area contributed by atoms with Crippen molar-refractivity contribution in [3.05, 3.63) is 42.0 Å². The van der Waals surface area contributed by atoms with Gasteiger partial charge in [-0.15, -0.1) is 0 Å². The molecule has 1 atom stereocenters. The normalized spacial score (nSPS) is 14.1. The van der Waals surface area contributed by atoms with E-state index in [4.69, 9.17) is 9.29 Å². The molecule has 0 aliphatic rings. The molecule has 0 saturated carbocycles. The van der Waals surface area contributed by atoms with Crippen LogP contribution in [0.15, 0.2) is 36.4 Å². The number of hydrogen-bond donors (Lipinski definition) is 2. The standard InChI is InChI=1S/C17H27NO4S/c1-17(2,3)11-10-16(18-12-5-13-23(19,20)21)14-6-8-15(22-4)9-7-14/h6-11,16,18H,5,12-13H2,1-4H3,(H,19,20,21)/t16-/m1/s1. The van der Waals surface area contributed by atoms with Gasteiger partial charge in [-0.05, 0) is 36.1 Å². The van der Waals surface area contributed by atoms with Crippen LogP contribution in [0.3, 0.4) is 0 Å². The number of rotatable bonds is 8. The number of ether oxygens (including phenoxy) is 1. The van der Waals surface area contributed by atoms with E-state index in [1.165, 1.54) is 0 Å². The van der Waals surface area contributed by atoms with Gasteiger partial charge >= 0.3 is 0 Å². The van der Waals surface area contributed by atoms with E-state index in [0.717, 1.165) is 11.3 Å². The van der Waals surface area contributed by atoms with Crippen molar-refractivity contribution in [3.8, 4) is 5.75 Å². The second-order valence-electron chi connectivity index (χ2n) is 6.57. The number of benzene rings is 1. The van der Waals surface area contributed by atoms with Crippen molar-refractivity contribution in [1.29, 1.82) is 0 Å². The Morgan fingerprint density at radius 1 is 1.26 bits per heavy atom. The minimum absolute atomic E-state index is 0.0264. The highest BCUT2D eigenvalue weighted by Gasteiger charge is 2.11. The molecule has 0 heterocycles. The van der Waals surface area contributed by atoms with Crippen LogP contribution in [0.1, 0.15) is 38.8 Å². The van der Waals surface area contributed by atoms with Crippen LogP contribution < -0.4 is 10.1 Å². The Labute approximate surface area is 139 Å². The van der Waals surface area contributed by atoms with Crippen LogP contribution in [0, 0.1) is 5.41 Å². The molecule has 1 aromatic carbocycles. The summed E-state index contributed by atoms with van der Waals surface area (Å²) in [5.41, 5.74) is 1.12. The minimum Gasteiger partial charge on any atom is -0.497 e. The second-order valence-corrected chi connectivity index (χ2v) is 8.14. The molecule has 2 N–H and O–H groups in total. The van der Waals surface area contributed by atoms with Gasteiger partial charge in [0, 0.05) is 0 Å². The molecule has 6 heteroatoms. The van der Waals surface area contributed by atoms with Crippen LogP contribution in [-0.2, 0) is 10.1 Å². The van der Waals surface area contributed by atoms with E-state index in [9.17, 15) is 8.42 Å². The van der Waals surface area contributed by atoms with Crippen molar-refractivity contribution in [3.63, 3.8) is 0 Å². The van der Waals surface area contributed by atoms with Crippen LogP contribution in [0.5, 0.6) is 5.75 Å². The summed E-state index contributed by atoms with van der Waals surface area (Å²) in [6.45, 7) is 6.84. The smallest absolute Gasteiger partial charge is 0.264 e. The first-order valence-electron chi connectivity index (χ1n) is 7.62. The lowest BCUT2D eigenvalue weighted by atomic mass is 9.94. The molecule has 130 valence electrons. The molecule has 0 spiro atoms. The summed E-state index contributed by atoms with van der Waals surface area (Å²) in [5.74, 6) is 0.553. The predicted molar refractivity (Wildman–Crippen MR) is 93.4 cm³/mol. The van der Waals surface area contributed by atoms with Gasteiger partial charge in [0.15, 0.2) is 0 Å². The second kappa shape index (κ2) is 8.47. The lowest BCUT2D eigenvalue weighted by Crippen LogP contribution is -2.23. The quantitative estimate of drug-likeness (QED) is 0.431. The molecule has 0 amide bonds. The van der Waals surface area contributed by atoms with Crippen LogP contribution in [0.4, 0.5) is 0 Å². The zero-order valence-electron chi connectivity index (χ0n) is 14.2. The summed E-state index contributed by atoms with van der Waals surface area (Å²) in [6.07, 6.45) is 4.56. The van der Waals surface area contributed by atoms with E-state index >= 15 is 0 Å². The topological polar surface area (TPSA) is 75.6 Å². The maximum absolute atomic E-state index is 10.8. The van der Waals surface area contributed by atoms with Gasteiger partial charge in [-0.3, -0.25) is 4.55 Å². The molecular formula is C17H27NO4S. The van der Waals surface area contributed by atoms with Crippen LogP contribution >= 0.6 is 0 Å². The SMILES string of the molecule is COc1ccc([C@@H](C=CC(C)(C)C)NCCCS(=O)(=O)O)cc1. The lowest BCUT2D eigenvalue weighted by molar-refractivity contribution is 0.414. The first-order valence-corrected chi connectivity index (χ1v) is 9.23. The summed E-state index contributed by atoms with van der Waals surface area (Å²) in [5, 5.41) is 3.32. The van der Waals surface area contributed by atoms with Crippen LogP contribution in [-0.4, -0.2) is 32.4 Å². The largest absolute Gasteiger partial charge is 0.497 e. The monoisotopic (exact) mass is 341 g/mol. The van der Waals surface area contributed by atoms with E-state index in [2.05, 4.69) is 38.2 Å². The van der Waals surface area contributed by atoms with Crippen molar-refractivity contribution in [2.75, 3.05) is 19.4 Å². The third-order valence-electron chi connectivity index (χ3n) is 3.21. The van der Waals surface area contributed by atoms with Gasteiger partial charge in [-0.1, -0.05) is 45.1 Å². The molecule has 0 bridgehead atoms. The molecule has 23 heavy (non-hydrogen) atoms. The molecule has 1 rings (SSSR count). The summed E-state index contributed by atoms with van der Waals surface area (Å²) in [7, 11) is -2.28. The van der Waals surface area contributed by atoms with Crippen LogP contribution in [0.2, 0.25) is 0 Å². The van der Waals surface area contributed by atoms with E-state index in [1.807, 2.05) is 24.3 Å². The Morgan fingerprint density at radius 3 is 2.35 bits per heavy atom. The van der Waals surface area contributed by atoms with E-state index in [-0.39, 0.29) is 17.2 Å². The Kier molecular flexibility index (Phi) is 7.25. The summed E-state index contributed by atoms with van der Waals surface area (Å²) < 4.78 is 35.5. The average Bonchev–Trinajstić information content (AvgIpc) is 2.44. The van der Waals surface area contributed by atoms with Gasteiger partial charge in [0.25, 0.3) is 10.1 Å². The lowest BCUT2D eigenvalue weighted by Gasteiger charge is -2.19. The third kappa shape index (κ3) is 8.74. The van der Waals surface area contributed by atoms with Crippen molar-refractivity contribution < 1.29 is 17.7 Å². The van der Waals surface area contributed by atoms with Crippen molar-refractivity contribution in [1.82, 2.24) is 5.32 Å². The highest BCUT2D eigenvalue weighted by atomic mass is 32.2. The van der Waals surface area contributed by atoms with E-state index in [0.29, 0.717) is 13.0 Å². The molecule has 0 aliphatic heterocycles. The minimum atomic E-state index is -3.91. The molecule has 0 unspecified atom stereocenters. The average molecular weight is 341 g/mol. The first kappa shape index (κ1) is 19.7. The van der Waals surface area contributed by atoms with Gasteiger partial charge in [-0.2, -0.15) is 8.42 Å². The Morgan fingerprint density at radius 2 is 1.87 bits per heavy atom. The summed E-state index contributed by atoms with van der Waals surface area (Å²) in [4.78, 5) is 0. The number of hydrogen-bond acceptors (Lipinski definition) is 4. The molecule has 1 aromatic rings. The number of allylic oxidation sites excluding steroid dienone is 1.